The van der Waals surface area contributed by atoms with Gasteiger partial charge in [-0.25, -0.2) is 0 Å². The number of nitrogens with zero attached hydrogens (tertiary/aromatic N) is 4. The topological polar surface area (TPSA) is 43.1 Å². The summed E-state index contributed by atoms with van der Waals surface area (Å²) < 4.78 is 1.74. The van der Waals surface area contributed by atoms with Gasteiger partial charge in [0.25, 0.3) is 0 Å². The zero-order valence-corrected chi connectivity index (χ0v) is 18.6. The van der Waals surface area contributed by atoms with E-state index in [4.69, 9.17) is 23.2 Å². The lowest BCUT2D eigenvalue weighted by Crippen LogP contribution is -2.10. The van der Waals surface area contributed by atoms with Gasteiger partial charge in [0.2, 0.25) is 5.16 Å². The highest BCUT2D eigenvalue weighted by atomic mass is 35.5. The first-order valence-corrected chi connectivity index (χ1v) is 10.6. The molecule has 0 spiro atoms. The Balaban J connectivity index is 1.74. The number of hydrogen-bond acceptors (Lipinski definition) is 4. The molecule has 4 nitrogen and oxygen atoms in total. The van der Waals surface area contributed by atoms with E-state index < -0.39 is 0 Å². The van der Waals surface area contributed by atoms with E-state index in [0.29, 0.717) is 21.0 Å². The molecule has 0 aliphatic rings. The number of halogens is 2. The number of thioether (sulfide) groups is 1. The maximum absolute atomic E-state index is 6.26. The Kier molecular flexibility index (Phi) is 6.48. The predicted octanol–water partition coefficient (Wildman–Crippen LogP) is 6.37. The second-order valence-electron chi connectivity index (χ2n) is 7.48. The standard InChI is InChI=1S/C21H22Cl2N4S/c1-14-25-26-20(28-13-16-7-10-18(22)11-19(16)23)27(14)24-12-15-5-8-17(9-6-15)21(2,3)4/h5-12H,13H2,1-4H3/b24-12+. The lowest BCUT2D eigenvalue weighted by molar-refractivity contribution is 0.590. The van der Waals surface area contributed by atoms with Crippen LogP contribution in [-0.4, -0.2) is 21.1 Å². The molecule has 1 aromatic heterocycles. The molecule has 0 radical (unpaired) electrons. The Hall–Kier alpha value is -1.82. The fourth-order valence-corrected chi connectivity index (χ4v) is 4.03. The molecule has 2 aromatic carbocycles. The third-order valence-corrected chi connectivity index (χ3v) is 5.79. The van der Waals surface area contributed by atoms with Crippen molar-refractivity contribution < 1.29 is 0 Å². The highest BCUT2D eigenvalue weighted by Crippen LogP contribution is 2.28. The van der Waals surface area contributed by atoms with Crippen LogP contribution in [0.3, 0.4) is 0 Å². The first-order valence-electron chi connectivity index (χ1n) is 8.88. The molecule has 0 saturated heterocycles. The summed E-state index contributed by atoms with van der Waals surface area (Å²) in [7, 11) is 0. The van der Waals surface area contributed by atoms with Crippen LogP contribution in [0.1, 0.15) is 43.3 Å². The van der Waals surface area contributed by atoms with Crippen molar-refractivity contribution in [3.63, 3.8) is 0 Å². The smallest absolute Gasteiger partial charge is 0.192 e. The first kappa shape index (κ1) is 20.9. The quantitative estimate of drug-likeness (QED) is 0.347. The summed E-state index contributed by atoms with van der Waals surface area (Å²) in [6.45, 7) is 8.49. The van der Waals surface area contributed by atoms with Gasteiger partial charge in [0, 0.05) is 15.8 Å². The van der Waals surface area contributed by atoms with Crippen LogP contribution in [0.2, 0.25) is 10.0 Å². The van der Waals surface area contributed by atoms with Crippen LogP contribution in [0.4, 0.5) is 0 Å². The molecule has 3 rings (SSSR count). The summed E-state index contributed by atoms with van der Waals surface area (Å²) in [6.07, 6.45) is 1.82. The minimum atomic E-state index is 0.132. The van der Waals surface area contributed by atoms with Gasteiger partial charge in [-0.3, -0.25) is 0 Å². The van der Waals surface area contributed by atoms with Crippen molar-refractivity contribution in [2.45, 2.75) is 44.0 Å². The number of benzene rings is 2. The van der Waals surface area contributed by atoms with E-state index >= 15 is 0 Å². The van der Waals surface area contributed by atoms with Crippen molar-refractivity contribution >= 4 is 41.2 Å². The number of aromatic nitrogens is 3. The number of rotatable bonds is 5. The summed E-state index contributed by atoms with van der Waals surface area (Å²) in [4.78, 5) is 0. The van der Waals surface area contributed by atoms with Crippen molar-refractivity contribution in [2.75, 3.05) is 0 Å². The van der Waals surface area contributed by atoms with Gasteiger partial charge in [-0.15, -0.1) is 10.2 Å². The maximum atomic E-state index is 6.26. The van der Waals surface area contributed by atoms with Crippen molar-refractivity contribution in [3.05, 3.63) is 75.0 Å². The van der Waals surface area contributed by atoms with Gasteiger partial charge in [0.1, 0.15) is 0 Å². The highest BCUT2D eigenvalue weighted by molar-refractivity contribution is 7.98. The van der Waals surface area contributed by atoms with E-state index in [9.17, 15) is 0 Å². The van der Waals surface area contributed by atoms with E-state index in [-0.39, 0.29) is 5.41 Å². The van der Waals surface area contributed by atoms with Crippen molar-refractivity contribution in [1.82, 2.24) is 14.9 Å². The number of hydrogen-bond donors (Lipinski definition) is 0. The van der Waals surface area contributed by atoms with E-state index in [1.165, 1.54) is 17.3 Å². The molecular formula is C21H22Cl2N4S. The zero-order chi connectivity index (χ0) is 20.3. The van der Waals surface area contributed by atoms with Crippen LogP contribution < -0.4 is 0 Å². The molecule has 0 unspecified atom stereocenters. The van der Waals surface area contributed by atoms with E-state index in [1.807, 2.05) is 25.3 Å². The van der Waals surface area contributed by atoms with Gasteiger partial charge in [-0.05, 0) is 41.2 Å². The van der Waals surface area contributed by atoms with Crippen LogP contribution >= 0.6 is 35.0 Å². The van der Waals surface area contributed by atoms with E-state index in [1.54, 1.807) is 10.7 Å². The van der Waals surface area contributed by atoms with Gasteiger partial charge in [0.05, 0.1) is 6.21 Å². The Bertz CT molecular complexity index is 989. The molecule has 0 N–H and O–H groups in total. The summed E-state index contributed by atoms with van der Waals surface area (Å²) in [6, 6.07) is 13.9. The minimum absolute atomic E-state index is 0.132. The lowest BCUT2D eigenvalue weighted by Gasteiger charge is -2.18. The molecule has 0 fully saturated rings. The molecule has 0 aliphatic carbocycles. The van der Waals surface area contributed by atoms with E-state index in [0.717, 1.165) is 17.0 Å². The molecule has 0 aliphatic heterocycles. The third-order valence-electron chi connectivity index (χ3n) is 4.24. The van der Waals surface area contributed by atoms with Crippen molar-refractivity contribution in [2.24, 2.45) is 5.10 Å². The average molecular weight is 433 g/mol. The molecule has 0 amide bonds. The lowest BCUT2D eigenvalue weighted by atomic mass is 9.87. The van der Waals surface area contributed by atoms with E-state index in [2.05, 4.69) is 60.3 Å². The summed E-state index contributed by atoms with van der Waals surface area (Å²) in [5.74, 6) is 1.39. The van der Waals surface area contributed by atoms with Gasteiger partial charge in [-0.2, -0.15) is 9.78 Å². The van der Waals surface area contributed by atoms with Gasteiger partial charge in [-0.1, -0.05) is 86.1 Å². The van der Waals surface area contributed by atoms with Crippen LogP contribution in [0, 0.1) is 6.92 Å². The molecule has 3 aromatic rings. The normalized spacial score (nSPS) is 12.1. The molecule has 146 valence electrons. The fourth-order valence-electron chi connectivity index (χ4n) is 2.54. The Morgan fingerprint density at radius 3 is 2.43 bits per heavy atom. The average Bonchev–Trinajstić information content (AvgIpc) is 2.98. The van der Waals surface area contributed by atoms with Gasteiger partial charge < -0.3 is 0 Å². The van der Waals surface area contributed by atoms with Crippen LogP contribution in [0.25, 0.3) is 0 Å². The summed E-state index contributed by atoms with van der Waals surface area (Å²) in [5, 5.41) is 14.9. The fraction of sp³-hybridized carbons (Fsp3) is 0.286. The third kappa shape index (κ3) is 5.16. The second-order valence-corrected chi connectivity index (χ2v) is 9.27. The van der Waals surface area contributed by atoms with Gasteiger partial charge >= 0.3 is 0 Å². The highest BCUT2D eigenvalue weighted by Gasteiger charge is 2.13. The minimum Gasteiger partial charge on any atom is -0.192 e. The van der Waals surface area contributed by atoms with Crippen LogP contribution in [0.5, 0.6) is 0 Å². The summed E-state index contributed by atoms with van der Waals surface area (Å²) >= 11 is 13.7. The SMILES string of the molecule is Cc1nnc(SCc2ccc(Cl)cc2Cl)n1/N=C/c1ccc(C(C)(C)C)cc1. The molecular weight excluding hydrogens is 411 g/mol. The molecule has 0 bridgehead atoms. The molecule has 28 heavy (non-hydrogen) atoms. The monoisotopic (exact) mass is 432 g/mol. The zero-order valence-electron chi connectivity index (χ0n) is 16.3. The molecule has 7 heteroatoms. The molecule has 1 heterocycles. The van der Waals surface area contributed by atoms with Gasteiger partial charge in [0.15, 0.2) is 5.82 Å². The van der Waals surface area contributed by atoms with Crippen molar-refractivity contribution in [3.8, 4) is 0 Å². The molecule has 0 saturated carbocycles. The molecule has 0 atom stereocenters. The Labute approximate surface area is 180 Å². The summed E-state index contributed by atoms with van der Waals surface area (Å²) in [5.41, 5.74) is 3.44. The largest absolute Gasteiger partial charge is 0.212 e. The Morgan fingerprint density at radius 1 is 1.07 bits per heavy atom. The maximum Gasteiger partial charge on any atom is 0.212 e. The van der Waals surface area contributed by atoms with Crippen molar-refractivity contribution in [1.29, 1.82) is 0 Å². The predicted molar refractivity (Wildman–Crippen MR) is 119 cm³/mol. The number of aryl methyl sites for hydroxylation is 1. The van der Waals surface area contributed by atoms with Crippen LogP contribution in [-0.2, 0) is 11.2 Å². The first-order chi connectivity index (χ1) is 13.2. The second kappa shape index (κ2) is 8.68. The van der Waals surface area contributed by atoms with Crippen LogP contribution in [0.15, 0.2) is 52.7 Å². The Morgan fingerprint density at radius 2 is 1.79 bits per heavy atom.